The van der Waals surface area contributed by atoms with Crippen molar-refractivity contribution in [3.8, 4) is 0 Å². The molecule has 0 aromatic carbocycles. The molecule has 0 atom stereocenters. The van der Waals surface area contributed by atoms with Gasteiger partial charge in [0.25, 0.3) is 0 Å². The molecule has 2 rings (SSSR count). The molecule has 5 heteroatoms. The van der Waals surface area contributed by atoms with Crippen molar-refractivity contribution in [3.05, 3.63) is 17.5 Å². The number of hydrogen-bond donors (Lipinski definition) is 2. The van der Waals surface area contributed by atoms with E-state index >= 15 is 0 Å². The first-order valence-corrected chi connectivity index (χ1v) is 5.57. The Hall–Kier alpha value is -1.36. The summed E-state index contributed by atoms with van der Waals surface area (Å²) in [5, 5.41) is 7.00. The fourth-order valence-corrected chi connectivity index (χ4v) is 1.85. The molecule has 0 radical (unpaired) electrons. The fourth-order valence-electron chi connectivity index (χ4n) is 1.85. The number of rotatable bonds is 3. The maximum Gasteiger partial charge on any atom is 0.240 e. The topological polar surface area (TPSA) is 72.9 Å². The van der Waals surface area contributed by atoms with Crippen LogP contribution in [0.4, 0.5) is 0 Å². The van der Waals surface area contributed by atoms with E-state index in [1.807, 2.05) is 14.0 Å². The van der Waals surface area contributed by atoms with Gasteiger partial charge < -0.3 is 11.1 Å². The molecule has 1 amide bonds. The maximum absolute atomic E-state index is 11.8. The summed E-state index contributed by atoms with van der Waals surface area (Å²) in [7, 11) is 1.89. The summed E-state index contributed by atoms with van der Waals surface area (Å²) in [5.74, 6) is -0.0398. The molecule has 5 nitrogen and oxygen atoms in total. The van der Waals surface area contributed by atoms with Gasteiger partial charge in [0, 0.05) is 24.8 Å². The standard InChI is InChI=1S/C11H18N4O/c1-8-9(7-14-15(8)2)6-13-10(16)11(12)4-3-5-11/h7H,3-6,12H2,1-2H3,(H,13,16). The molecule has 3 N–H and O–H groups in total. The van der Waals surface area contributed by atoms with Crippen LogP contribution in [0.5, 0.6) is 0 Å². The normalized spacial score (nSPS) is 17.9. The zero-order valence-electron chi connectivity index (χ0n) is 9.79. The van der Waals surface area contributed by atoms with Gasteiger partial charge >= 0.3 is 0 Å². The maximum atomic E-state index is 11.8. The number of aryl methyl sites for hydroxylation is 1. The third-order valence-electron chi connectivity index (χ3n) is 3.47. The third-order valence-corrected chi connectivity index (χ3v) is 3.47. The van der Waals surface area contributed by atoms with Crippen LogP contribution < -0.4 is 11.1 Å². The predicted molar refractivity (Wildman–Crippen MR) is 60.6 cm³/mol. The second kappa shape index (κ2) is 3.90. The van der Waals surface area contributed by atoms with Gasteiger partial charge in [-0.3, -0.25) is 9.48 Å². The molecule has 0 bridgehead atoms. The highest BCUT2D eigenvalue weighted by molar-refractivity contribution is 5.86. The van der Waals surface area contributed by atoms with Gasteiger partial charge in [-0.15, -0.1) is 0 Å². The number of nitrogens with zero attached hydrogens (tertiary/aromatic N) is 2. The van der Waals surface area contributed by atoms with Crippen molar-refractivity contribution in [2.24, 2.45) is 12.8 Å². The average molecular weight is 222 g/mol. The summed E-state index contributed by atoms with van der Waals surface area (Å²) in [4.78, 5) is 11.8. The first-order valence-electron chi connectivity index (χ1n) is 5.57. The molecule has 0 aliphatic heterocycles. The number of aromatic nitrogens is 2. The van der Waals surface area contributed by atoms with E-state index in [0.717, 1.165) is 30.5 Å². The molecule has 0 spiro atoms. The first-order chi connectivity index (χ1) is 7.53. The van der Waals surface area contributed by atoms with Crippen molar-refractivity contribution < 1.29 is 4.79 Å². The lowest BCUT2D eigenvalue weighted by molar-refractivity contribution is -0.129. The molecule has 1 aliphatic carbocycles. The minimum atomic E-state index is -0.615. The van der Waals surface area contributed by atoms with Gasteiger partial charge in [-0.1, -0.05) is 0 Å². The quantitative estimate of drug-likeness (QED) is 0.768. The van der Waals surface area contributed by atoms with Crippen LogP contribution in [0.25, 0.3) is 0 Å². The van der Waals surface area contributed by atoms with Crippen molar-refractivity contribution in [1.29, 1.82) is 0 Å². The summed E-state index contributed by atoms with van der Waals surface area (Å²) in [6.07, 6.45) is 4.42. The number of nitrogens with one attached hydrogen (secondary N) is 1. The van der Waals surface area contributed by atoms with Gasteiger partial charge in [0.1, 0.15) is 0 Å². The Kier molecular flexibility index (Phi) is 2.71. The van der Waals surface area contributed by atoms with E-state index in [9.17, 15) is 4.79 Å². The van der Waals surface area contributed by atoms with Gasteiger partial charge in [0.2, 0.25) is 5.91 Å². The minimum absolute atomic E-state index is 0.0398. The molecule has 1 fully saturated rings. The molecule has 1 saturated carbocycles. The van der Waals surface area contributed by atoms with E-state index in [2.05, 4.69) is 10.4 Å². The van der Waals surface area contributed by atoms with E-state index in [1.165, 1.54) is 0 Å². The molecule has 0 unspecified atom stereocenters. The van der Waals surface area contributed by atoms with Crippen LogP contribution in [-0.2, 0) is 18.4 Å². The minimum Gasteiger partial charge on any atom is -0.350 e. The second-order valence-corrected chi connectivity index (χ2v) is 4.57. The Morgan fingerprint density at radius 3 is 2.81 bits per heavy atom. The van der Waals surface area contributed by atoms with Crippen molar-refractivity contribution in [3.63, 3.8) is 0 Å². The zero-order chi connectivity index (χ0) is 11.8. The third kappa shape index (κ3) is 1.82. The largest absolute Gasteiger partial charge is 0.350 e. The van der Waals surface area contributed by atoms with Crippen LogP contribution in [0.15, 0.2) is 6.20 Å². The smallest absolute Gasteiger partial charge is 0.240 e. The Morgan fingerprint density at radius 1 is 1.69 bits per heavy atom. The molecule has 1 aromatic heterocycles. The summed E-state index contributed by atoms with van der Waals surface area (Å²) in [6.45, 7) is 2.49. The Labute approximate surface area is 95.0 Å². The summed E-state index contributed by atoms with van der Waals surface area (Å²) < 4.78 is 1.79. The monoisotopic (exact) mass is 222 g/mol. The fraction of sp³-hybridized carbons (Fsp3) is 0.636. The number of amides is 1. The van der Waals surface area contributed by atoms with Crippen LogP contribution in [0.3, 0.4) is 0 Å². The molecule has 1 aromatic rings. The highest BCUT2D eigenvalue weighted by Gasteiger charge is 2.39. The highest BCUT2D eigenvalue weighted by atomic mass is 16.2. The molecular formula is C11H18N4O. The number of carbonyl (C=O) groups excluding carboxylic acids is 1. The van der Waals surface area contributed by atoms with Gasteiger partial charge in [-0.05, 0) is 26.2 Å². The number of hydrogen-bond acceptors (Lipinski definition) is 3. The first kappa shape index (κ1) is 11.1. The van der Waals surface area contributed by atoms with Gasteiger partial charge in [-0.2, -0.15) is 5.10 Å². The molecule has 1 heterocycles. The van der Waals surface area contributed by atoms with Gasteiger partial charge in [0.05, 0.1) is 11.7 Å². The SMILES string of the molecule is Cc1c(CNC(=O)C2(N)CCC2)cnn1C. The van der Waals surface area contributed by atoms with Crippen LogP contribution in [0, 0.1) is 6.92 Å². The van der Waals surface area contributed by atoms with Crippen LogP contribution in [0.2, 0.25) is 0 Å². The summed E-state index contributed by atoms with van der Waals surface area (Å²) in [5.41, 5.74) is 7.42. The van der Waals surface area contributed by atoms with E-state index in [4.69, 9.17) is 5.73 Å². The van der Waals surface area contributed by atoms with E-state index in [1.54, 1.807) is 10.9 Å². The van der Waals surface area contributed by atoms with E-state index in [-0.39, 0.29) is 5.91 Å². The van der Waals surface area contributed by atoms with Crippen molar-refractivity contribution in [2.75, 3.05) is 0 Å². The van der Waals surface area contributed by atoms with E-state index < -0.39 is 5.54 Å². The van der Waals surface area contributed by atoms with Crippen molar-refractivity contribution in [2.45, 2.75) is 38.3 Å². The molecule has 1 aliphatic rings. The molecule has 0 saturated heterocycles. The Balaban J connectivity index is 1.92. The Bertz CT molecular complexity index is 406. The lowest BCUT2D eigenvalue weighted by atomic mass is 9.77. The zero-order valence-corrected chi connectivity index (χ0v) is 9.79. The van der Waals surface area contributed by atoms with Gasteiger partial charge in [-0.25, -0.2) is 0 Å². The van der Waals surface area contributed by atoms with Crippen molar-refractivity contribution in [1.82, 2.24) is 15.1 Å². The molecular weight excluding hydrogens is 204 g/mol. The second-order valence-electron chi connectivity index (χ2n) is 4.57. The highest BCUT2D eigenvalue weighted by Crippen LogP contribution is 2.29. The van der Waals surface area contributed by atoms with Crippen molar-refractivity contribution >= 4 is 5.91 Å². The van der Waals surface area contributed by atoms with Crippen LogP contribution >= 0.6 is 0 Å². The predicted octanol–water partition coefficient (Wildman–Crippen LogP) is 0.226. The summed E-state index contributed by atoms with van der Waals surface area (Å²) >= 11 is 0. The summed E-state index contributed by atoms with van der Waals surface area (Å²) in [6, 6.07) is 0. The van der Waals surface area contributed by atoms with E-state index in [0.29, 0.717) is 6.54 Å². The lowest BCUT2D eigenvalue weighted by Gasteiger charge is -2.36. The molecule has 16 heavy (non-hydrogen) atoms. The lowest BCUT2D eigenvalue weighted by Crippen LogP contribution is -2.58. The Morgan fingerprint density at radius 2 is 2.38 bits per heavy atom. The number of carbonyl (C=O) groups is 1. The van der Waals surface area contributed by atoms with Gasteiger partial charge in [0.15, 0.2) is 0 Å². The average Bonchev–Trinajstić information content (AvgIpc) is 2.53. The molecule has 88 valence electrons. The number of nitrogens with two attached hydrogens (primary N) is 1. The van der Waals surface area contributed by atoms with Crippen LogP contribution in [-0.4, -0.2) is 21.2 Å². The van der Waals surface area contributed by atoms with Crippen LogP contribution in [0.1, 0.15) is 30.5 Å².